The predicted molar refractivity (Wildman–Crippen MR) is 185 cm³/mol. The molecule has 45 heavy (non-hydrogen) atoms. The number of hydrogen-bond donors (Lipinski definition) is 0. The van der Waals surface area contributed by atoms with Gasteiger partial charge in [0.05, 0.1) is 16.9 Å². The second-order valence-corrected chi connectivity index (χ2v) is 11.4. The lowest BCUT2D eigenvalue weighted by Crippen LogP contribution is -1.95. The van der Waals surface area contributed by atoms with Gasteiger partial charge in [-0.2, -0.15) is 0 Å². The highest BCUT2D eigenvalue weighted by Crippen LogP contribution is 2.33. The van der Waals surface area contributed by atoms with Gasteiger partial charge in [0.2, 0.25) is 0 Å². The average Bonchev–Trinajstić information content (AvgIpc) is 3.46. The summed E-state index contributed by atoms with van der Waals surface area (Å²) in [5, 5.41) is 7.40. The number of nitrogens with zero attached hydrogens (tertiary/aromatic N) is 4. The molecule has 0 N–H and O–H groups in total. The smallest absolute Gasteiger partial charge is 0.145 e. The molecule has 4 heteroatoms. The molecule has 4 nitrogen and oxygen atoms in total. The van der Waals surface area contributed by atoms with E-state index in [1.165, 1.54) is 26.9 Å². The largest absolute Gasteiger partial charge is 0.294 e. The first-order valence-corrected chi connectivity index (χ1v) is 15.1. The standard InChI is InChI=1S/C41H26N4/c1-2-7-34-28(6-1)11-12-30-24-29(15-20-35(30)34)32-17-22-39(44-26-32)38-21-16-31(25-43-38)27-13-18-33(19-14-27)45-40-10-4-3-8-36(40)37-9-5-23-42-41(37)45/h1-26H. The quantitative estimate of drug-likeness (QED) is 0.196. The molecule has 4 heterocycles. The number of fused-ring (bicyclic) bond motifs is 6. The lowest BCUT2D eigenvalue weighted by Gasteiger charge is -2.09. The molecule has 0 saturated heterocycles. The van der Waals surface area contributed by atoms with Crippen LogP contribution < -0.4 is 0 Å². The van der Waals surface area contributed by atoms with Crippen molar-refractivity contribution in [3.63, 3.8) is 0 Å². The molecule has 4 aromatic heterocycles. The minimum absolute atomic E-state index is 0.850. The van der Waals surface area contributed by atoms with Gasteiger partial charge in [-0.15, -0.1) is 0 Å². The van der Waals surface area contributed by atoms with Crippen molar-refractivity contribution in [1.82, 2.24) is 19.5 Å². The van der Waals surface area contributed by atoms with Gasteiger partial charge in [-0.1, -0.05) is 91.0 Å². The van der Waals surface area contributed by atoms with E-state index in [0.29, 0.717) is 0 Å². The van der Waals surface area contributed by atoms with Crippen LogP contribution in [0, 0.1) is 0 Å². The first kappa shape index (κ1) is 25.4. The van der Waals surface area contributed by atoms with Crippen LogP contribution in [0.4, 0.5) is 0 Å². The van der Waals surface area contributed by atoms with Gasteiger partial charge in [0, 0.05) is 46.2 Å². The van der Waals surface area contributed by atoms with Gasteiger partial charge in [-0.05, 0) is 81.2 Å². The number of hydrogen-bond acceptors (Lipinski definition) is 3. The van der Waals surface area contributed by atoms with Crippen molar-refractivity contribution in [2.45, 2.75) is 0 Å². The topological polar surface area (TPSA) is 43.6 Å². The molecule has 0 spiro atoms. The molecule has 9 aromatic rings. The van der Waals surface area contributed by atoms with Crippen LogP contribution >= 0.6 is 0 Å². The van der Waals surface area contributed by atoms with E-state index in [9.17, 15) is 0 Å². The third kappa shape index (κ3) is 4.27. The zero-order chi connectivity index (χ0) is 29.7. The van der Waals surface area contributed by atoms with Crippen molar-refractivity contribution in [1.29, 1.82) is 0 Å². The fraction of sp³-hybridized carbons (Fsp3) is 0. The Labute approximate surface area is 259 Å². The normalized spacial score (nSPS) is 11.6. The van der Waals surface area contributed by atoms with Crippen LogP contribution in [0.1, 0.15) is 0 Å². The molecule has 0 amide bonds. The highest BCUT2D eigenvalue weighted by Gasteiger charge is 2.13. The minimum atomic E-state index is 0.850. The van der Waals surface area contributed by atoms with E-state index in [4.69, 9.17) is 15.0 Å². The molecule has 5 aromatic carbocycles. The summed E-state index contributed by atoms with van der Waals surface area (Å²) in [6.07, 6.45) is 5.72. The molecule has 0 radical (unpaired) electrons. The summed E-state index contributed by atoms with van der Waals surface area (Å²) in [4.78, 5) is 14.3. The van der Waals surface area contributed by atoms with Gasteiger partial charge < -0.3 is 0 Å². The number of pyridine rings is 3. The second kappa shape index (κ2) is 10.2. The number of para-hydroxylation sites is 1. The average molecular weight is 575 g/mol. The zero-order valence-corrected chi connectivity index (χ0v) is 24.3. The lowest BCUT2D eigenvalue weighted by molar-refractivity contribution is 1.14. The van der Waals surface area contributed by atoms with Crippen LogP contribution in [0.5, 0.6) is 0 Å². The molecule has 9 rings (SSSR count). The van der Waals surface area contributed by atoms with E-state index >= 15 is 0 Å². The fourth-order valence-electron chi connectivity index (χ4n) is 6.49. The Morgan fingerprint density at radius 3 is 1.80 bits per heavy atom. The van der Waals surface area contributed by atoms with Crippen molar-refractivity contribution in [3.8, 4) is 39.3 Å². The molecule has 0 aliphatic rings. The third-order valence-corrected chi connectivity index (χ3v) is 8.76. The fourth-order valence-corrected chi connectivity index (χ4v) is 6.49. The van der Waals surface area contributed by atoms with Crippen molar-refractivity contribution in [2.75, 3.05) is 0 Å². The van der Waals surface area contributed by atoms with Crippen LogP contribution in [0.3, 0.4) is 0 Å². The van der Waals surface area contributed by atoms with Crippen molar-refractivity contribution >= 4 is 43.5 Å². The summed E-state index contributed by atoms with van der Waals surface area (Å²) in [5.41, 5.74) is 9.31. The summed E-state index contributed by atoms with van der Waals surface area (Å²) in [5.74, 6) is 0. The van der Waals surface area contributed by atoms with E-state index in [1.807, 2.05) is 30.7 Å². The van der Waals surface area contributed by atoms with Crippen LogP contribution in [0.2, 0.25) is 0 Å². The van der Waals surface area contributed by atoms with E-state index in [2.05, 4.69) is 132 Å². The van der Waals surface area contributed by atoms with Gasteiger partial charge in [0.15, 0.2) is 0 Å². The van der Waals surface area contributed by atoms with Crippen LogP contribution in [-0.4, -0.2) is 19.5 Å². The Morgan fingerprint density at radius 1 is 0.400 bits per heavy atom. The number of rotatable bonds is 4. The Balaban J connectivity index is 0.977. The summed E-state index contributed by atoms with van der Waals surface area (Å²) in [6.45, 7) is 0. The summed E-state index contributed by atoms with van der Waals surface area (Å²) in [6, 6.07) is 49.1. The van der Waals surface area contributed by atoms with Gasteiger partial charge in [0.1, 0.15) is 5.65 Å². The molecule has 0 aliphatic heterocycles. The zero-order valence-electron chi connectivity index (χ0n) is 24.3. The monoisotopic (exact) mass is 574 g/mol. The molecule has 0 bridgehead atoms. The Morgan fingerprint density at radius 2 is 1.02 bits per heavy atom. The third-order valence-electron chi connectivity index (χ3n) is 8.76. The van der Waals surface area contributed by atoms with Crippen molar-refractivity contribution in [2.24, 2.45) is 0 Å². The van der Waals surface area contributed by atoms with Crippen LogP contribution in [0.25, 0.3) is 82.8 Å². The van der Waals surface area contributed by atoms with Gasteiger partial charge in [-0.3, -0.25) is 14.5 Å². The molecule has 210 valence electrons. The maximum atomic E-state index is 4.78. The first-order valence-electron chi connectivity index (χ1n) is 15.1. The van der Waals surface area contributed by atoms with E-state index in [1.54, 1.807) is 0 Å². The Hall–Kier alpha value is -6.13. The highest BCUT2D eigenvalue weighted by molar-refractivity contribution is 6.09. The summed E-state index contributed by atoms with van der Waals surface area (Å²) in [7, 11) is 0. The Bertz CT molecular complexity index is 2460. The predicted octanol–water partition coefficient (Wildman–Crippen LogP) is 10.3. The van der Waals surface area contributed by atoms with E-state index < -0.39 is 0 Å². The number of benzene rings is 5. The molecule has 0 fully saturated rings. The van der Waals surface area contributed by atoms with Gasteiger partial charge in [-0.25, -0.2) is 4.98 Å². The van der Waals surface area contributed by atoms with Crippen LogP contribution in [0.15, 0.2) is 158 Å². The minimum Gasteiger partial charge on any atom is -0.294 e. The lowest BCUT2D eigenvalue weighted by atomic mass is 9.98. The molecular weight excluding hydrogens is 548 g/mol. The van der Waals surface area contributed by atoms with Gasteiger partial charge >= 0.3 is 0 Å². The molecular formula is C41H26N4. The maximum Gasteiger partial charge on any atom is 0.145 e. The second-order valence-electron chi connectivity index (χ2n) is 11.4. The van der Waals surface area contributed by atoms with Crippen LogP contribution in [-0.2, 0) is 0 Å². The van der Waals surface area contributed by atoms with Crippen molar-refractivity contribution < 1.29 is 0 Å². The first-order chi connectivity index (χ1) is 22.3. The van der Waals surface area contributed by atoms with Crippen molar-refractivity contribution in [3.05, 3.63) is 158 Å². The Kier molecular flexibility index (Phi) is 5.78. The van der Waals surface area contributed by atoms with Gasteiger partial charge in [0.25, 0.3) is 0 Å². The summed E-state index contributed by atoms with van der Waals surface area (Å²) >= 11 is 0. The molecule has 0 unspecified atom stereocenters. The van der Waals surface area contributed by atoms with E-state index in [0.717, 1.165) is 55.9 Å². The summed E-state index contributed by atoms with van der Waals surface area (Å²) < 4.78 is 2.23. The molecule has 0 saturated carbocycles. The van der Waals surface area contributed by atoms with E-state index in [-0.39, 0.29) is 0 Å². The SMILES string of the molecule is c1ccc2c(c1)ccc1cc(-c3ccc(-c4ccc(-c5ccc(-n6c7ccccc7c7cccnc76)cc5)cn4)nc3)ccc12. The molecule has 0 aliphatic carbocycles. The number of aromatic nitrogens is 4. The molecule has 0 atom stereocenters. The maximum absolute atomic E-state index is 4.78. The highest BCUT2D eigenvalue weighted by atomic mass is 15.0.